The maximum absolute atomic E-state index is 13.1. The molecule has 1 aromatic heterocycles. The first kappa shape index (κ1) is 35.0. The van der Waals surface area contributed by atoms with Crippen LogP contribution in [0.15, 0.2) is 54.7 Å². The molecule has 0 unspecified atom stereocenters. The SMILES string of the molecule is CCCCCCCCCCCCNC(=O)c1ccc(CN(CC2CCN(C(=O)c3cnc4ccccc4n3)CC2)OC(C)=O)cc1. The van der Waals surface area contributed by atoms with Crippen LogP contribution in [0, 0.1) is 5.92 Å². The molecule has 4 rings (SSSR count). The van der Waals surface area contributed by atoms with Crippen molar-refractivity contribution in [1.29, 1.82) is 0 Å². The molecule has 248 valence electrons. The molecular formula is C37H51N5O4. The third-order valence-corrected chi connectivity index (χ3v) is 8.68. The Morgan fingerprint density at radius 2 is 1.50 bits per heavy atom. The quantitative estimate of drug-likeness (QED) is 0.118. The van der Waals surface area contributed by atoms with Gasteiger partial charge >= 0.3 is 5.97 Å². The zero-order chi connectivity index (χ0) is 32.6. The molecule has 3 aromatic rings. The number of hydrogen-bond acceptors (Lipinski definition) is 7. The van der Waals surface area contributed by atoms with E-state index in [9.17, 15) is 14.4 Å². The predicted octanol–water partition coefficient (Wildman–Crippen LogP) is 7.11. The smallest absolute Gasteiger partial charge is 0.322 e. The van der Waals surface area contributed by atoms with Crippen LogP contribution < -0.4 is 5.32 Å². The Morgan fingerprint density at radius 1 is 0.870 bits per heavy atom. The van der Waals surface area contributed by atoms with E-state index >= 15 is 0 Å². The van der Waals surface area contributed by atoms with Gasteiger partial charge in [0.25, 0.3) is 11.8 Å². The monoisotopic (exact) mass is 629 g/mol. The zero-order valence-corrected chi connectivity index (χ0v) is 27.7. The number of amides is 2. The Kier molecular flexibility index (Phi) is 14.4. The third-order valence-electron chi connectivity index (χ3n) is 8.68. The number of aromatic nitrogens is 2. The van der Waals surface area contributed by atoms with Crippen molar-refractivity contribution < 1.29 is 19.2 Å². The highest BCUT2D eigenvalue weighted by Crippen LogP contribution is 2.22. The Balaban J connectivity index is 1.17. The summed E-state index contributed by atoms with van der Waals surface area (Å²) < 4.78 is 0. The van der Waals surface area contributed by atoms with E-state index in [4.69, 9.17) is 4.84 Å². The molecule has 1 fully saturated rings. The number of benzene rings is 2. The molecule has 9 nitrogen and oxygen atoms in total. The van der Waals surface area contributed by atoms with Gasteiger partial charge in [0.15, 0.2) is 0 Å². The lowest BCUT2D eigenvalue weighted by Gasteiger charge is -2.34. The number of nitrogens with zero attached hydrogens (tertiary/aromatic N) is 4. The second-order valence-corrected chi connectivity index (χ2v) is 12.5. The highest BCUT2D eigenvalue weighted by Gasteiger charge is 2.27. The van der Waals surface area contributed by atoms with E-state index in [1.807, 2.05) is 53.4 Å². The van der Waals surface area contributed by atoms with Crippen molar-refractivity contribution in [3.8, 4) is 0 Å². The minimum Gasteiger partial charge on any atom is -0.368 e. The first-order chi connectivity index (χ1) is 22.4. The number of hydrogen-bond donors (Lipinski definition) is 1. The van der Waals surface area contributed by atoms with Gasteiger partial charge in [-0.05, 0) is 55.0 Å². The van der Waals surface area contributed by atoms with E-state index in [1.165, 1.54) is 58.3 Å². The Morgan fingerprint density at radius 3 is 2.15 bits per heavy atom. The largest absolute Gasteiger partial charge is 0.368 e. The summed E-state index contributed by atoms with van der Waals surface area (Å²) in [5.74, 6) is -0.274. The molecule has 0 saturated carbocycles. The standard InChI is InChI=1S/C37H51N5O4/c1-3-4-5-6-7-8-9-10-11-14-23-38-36(44)32-19-17-30(18-20-32)27-42(46-29(2)43)28-31-21-24-41(25-22-31)37(45)35-26-39-33-15-12-13-16-34(33)40-35/h12-13,15-20,26,31H,3-11,14,21-25,27-28H2,1-2H3,(H,38,44). The summed E-state index contributed by atoms with van der Waals surface area (Å²) in [4.78, 5) is 53.9. The summed E-state index contributed by atoms with van der Waals surface area (Å²) >= 11 is 0. The summed E-state index contributed by atoms with van der Waals surface area (Å²) in [6, 6.07) is 15.0. The van der Waals surface area contributed by atoms with Gasteiger partial charge in [-0.3, -0.25) is 19.4 Å². The highest BCUT2D eigenvalue weighted by atomic mass is 16.7. The molecule has 0 spiro atoms. The van der Waals surface area contributed by atoms with E-state index in [-0.39, 0.29) is 23.7 Å². The van der Waals surface area contributed by atoms with Crippen LogP contribution >= 0.6 is 0 Å². The molecule has 2 heterocycles. The predicted molar refractivity (Wildman–Crippen MR) is 181 cm³/mol. The fourth-order valence-corrected chi connectivity index (χ4v) is 6.03. The number of fused-ring (bicyclic) bond motifs is 1. The lowest BCUT2D eigenvalue weighted by Crippen LogP contribution is -2.42. The molecule has 1 saturated heterocycles. The molecule has 0 bridgehead atoms. The number of para-hydroxylation sites is 2. The van der Waals surface area contributed by atoms with Crippen LogP contribution in [0.3, 0.4) is 0 Å². The Bertz CT molecular complexity index is 1390. The minimum absolute atomic E-state index is 0.0599. The van der Waals surface area contributed by atoms with Gasteiger partial charge in [-0.25, -0.2) is 4.98 Å². The lowest BCUT2D eigenvalue weighted by molar-refractivity contribution is -0.194. The number of nitrogens with one attached hydrogen (secondary N) is 1. The van der Waals surface area contributed by atoms with E-state index in [1.54, 1.807) is 11.3 Å². The average Bonchev–Trinajstić information content (AvgIpc) is 3.07. The van der Waals surface area contributed by atoms with Gasteiger partial charge in [0.05, 0.1) is 23.8 Å². The van der Waals surface area contributed by atoms with Gasteiger partial charge < -0.3 is 15.1 Å². The summed E-state index contributed by atoms with van der Waals surface area (Å²) in [6.45, 7) is 6.55. The van der Waals surface area contributed by atoms with Crippen molar-refractivity contribution in [2.45, 2.75) is 97.4 Å². The Hall–Kier alpha value is -3.85. The molecule has 1 N–H and O–H groups in total. The normalized spacial score (nSPS) is 13.7. The van der Waals surface area contributed by atoms with E-state index in [0.717, 1.165) is 36.8 Å². The second-order valence-electron chi connectivity index (χ2n) is 12.5. The molecule has 2 amide bonds. The zero-order valence-electron chi connectivity index (χ0n) is 27.7. The van der Waals surface area contributed by atoms with Crippen molar-refractivity contribution in [3.05, 3.63) is 71.5 Å². The molecule has 0 radical (unpaired) electrons. The van der Waals surface area contributed by atoms with E-state index in [2.05, 4.69) is 22.2 Å². The average molecular weight is 630 g/mol. The van der Waals surface area contributed by atoms with Crippen LogP contribution in [0.2, 0.25) is 0 Å². The summed E-state index contributed by atoms with van der Waals surface area (Å²) in [5, 5.41) is 4.73. The molecule has 0 atom stereocenters. The maximum atomic E-state index is 13.1. The molecule has 1 aliphatic rings. The van der Waals surface area contributed by atoms with E-state index < -0.39 is 0 Å². The van der Waals surface area contributed by atoms with Crippen molar-refractivity contribution in [2.75, 3.05) is 26.2 Å². The molecular weight excluding hydrogens is 578 g/mol. The highest BCUT2D eigenvalue weighted by molar-refractivity contribution is 5.94. The van der Waals surface area contributed by atoms with E-state index in [0.29, 0.717) is 49.5 Å². The molecule has 1 aliphatic heterocycles. The molecule has 0 aliphatic carbocycles. The van der Waals surface area contributed by atoms with Gasteiger partial charge in [-0.1, -0.05) is 89.0 Å². The van der Waals surface area contributed by atoms with Gasteiger partial charge in [0, 0.05) is 38.7 Å². The number of piperidine rings is 1. The van der Waals surface area contributed by atoms with Crippen LogP contribution in [0.5, 0.6) is 0 Å². The topological polar surface area (TPSA) is 105 Å². The van der Waals surface area contributed by atoms with Crippen LogP contribution in [-0.4, -0.2) is 63.9 Å². The van der Waals surface area contributed by atoms with Crippen LogP contribution in [0.1, 0.15) is 117 Å². The van der Waals surface area contributed by atoms with Gasteiger partial charge in [0.2, 0.25) is 0 Å². The number of likely N-dealkylation sites (tertiary alicyclic amines) is 1. The maximum Gasteiger partial charge on any atom is 0.322 e. The fraction of sp³-hybridized carbons (Fsp3) is 0.541. The number of carbonyl (C=O) groups is 3. The Labute approximate surface area is 274 Å². The molecule has 46 heavy (non-hydrogen) atoms. The fourth-order valence-electron chi connectivity index (χ4n) is 6.03. The molecule has 9 heteroatoms. The first-order valence-electron chi connectivity index (χ1n) is 17.2. The molecule has 2 aromatic carbocycles. The summed E-state index contributed by atoms with van der Waals surface area (Å²) in [5.41, 5.74) is 3.41. The van der Waals surface area contributed by atoms with Crippen LogP contribution in [0.4, 0.5) is 0 Å². The van der Waals surface area contributed by atoms with Gasteiger partial charge in [0.1, 0.15) is 5.69 Å². The summed E-state index contributed by atoms with van der Waals surface area (Å²) in [6.07, 6.45) is 15.8. The third kappa shape index (κ3) is 11.5. The number of carbonyl (C=O) groups excluding carboxylic acids is 3. The van der Waals surface area contributed by atoms with Gasteiger partial charge in [-0.15, -0.1) is 5.06 Å². The van der Waals surface area contributed by atoms with Crippen molar-refractivity contribution in [1.82, 2.24) is 25.2 Å². The summed E-state index contributed by atoms with van der Waals surface area (Å²) in [7, 11) is 0. The van der Waals surface area contributed by atoms with Gasteiger partial charge in [-0.2, -0.15) is 0 Å². The minimum atomic E-state index is -0.370. The van der Waals surface area contributed by atoms with Crippen molar-refractivity contribution in [3.63, 3.8) is 0 Å². The number of rotatable bonds is 18. The lowest BCUT2D eigenvalue weighted by atomic mass is 9.96. The number of hydroxylamine groups is 2. The first-order valence-corrected chi connectivity index (χ1v) is 17.2. The second kappa shape index (κ2) is 19.0. The van der Waals surface area contributed by atoms with Crippen molar-refractivity contribution >= 4 is 28.8 Å². The van der Waals surface area contributed by atoms with Crippen LogP contribution in [0.25, 0.3) is 11.0 Å². The number of unbranched alkanes of at least 4 members (excludes halogenated alkanes) is 9. The van der Waals surface area contributed by atoms with Crippen molar-refractivity contribution in [2.24, 2.45) is 5.92 Å². The van der Waals surface area contributed by atoms with Crippen LogP contribution in [-0.2, 0) is 16.2 Å².